The third-order valence-corrected chi connectivity index (χ3v) is 4.23. The van der Waals surface area contributed by atoms with Crippen molar-refractivity contribution in [3.8, 4) is 5.88 Å². The molecule has 0 amide bonds. The molecular formula is C16H21ClN2OS. The lowest BCUT2D eigenvalue weighted by Gasteiger charge is -2.10. The van der Waals surface area contributed by atoms with Crippen molar-refractivity contribution in [2.45, 2.75) is 26.8 Å². The third kappa shape index (κ3) is 5.65. The molecule has 0 saturated heterocycles. The Balaban J connectivity index is 1.85. The topological polar surface area (TPSA) is 34.1 Å². The van der Waals surface area contributed by atoms with Crippen molar-refractivity contribution >= 4 is 22.9 Å². The smallest absolute Gasteiger partial charge is 0.213 e. The SMILES string of the molecule is CC(C)CNCc1cc(OCCc2cccs2)ncc1Cl. The molecule has 0 bridgehead atoms. The van der Waals surface area contributed by atoms with E-state index in [-0.39, 0.29) is 0 Å². The first kappa shape index (κ1) is 16.3. The monoisotopic (exact) mass is 324 g/mol. The van der Waals surface area contributed by atoms with Gasteiger partial charge in [0.25, 0.3) is 0 Å². The second kappa shape index (κ2) is 8.37. The summed E-state index contributed by atoms with van der Waals surface area (Å²) in [6.07, 6.45) is 2.57. The summed E-state index contributed by atoms with van der Waals surface area (Å²) in [5.74, 6) is 1.25. The Bertz CT molecular complexity index is 543. The van der Waals surface area contributed by atoms with Gasteiger partial charge in [-0.3, -0.25) is 0 Å². The van der Waals surface area contributed by atoms with Crippen molar-refractivity contribution in [1.29, 1.82) is 0 Å². The molecule has 2 heterocycles. The molecule has 0 aliphatic heterocycles. The number of nitrogens with zero attached hydrogens (tertiary/aromatic N) is 1. The average molecular weight is 325 g/mol. The van der Waals surface area contributed by atoms with E-state index >= 15 is 0 Å². The number of rotatable bonds is 8. The molecule has 2 aromatic rings. The van der Waals surface area contributed by atoms with Crippen LogP contribution in [0.15, 0.2) is 29.8 Å². The summed E-state index contributed by atoms with van der Waals surface area (Å²) in [5, 5.41) is 6.14. The summed E-state index contributed by atoms with van der Waals surface area (Å²) >= 11 is 7.92. The lowest BCUT2D eigenvalue weighted by atomic mass is 10.2. The first-order chi connectivity index (χ1) is 10.1. The van der Waals surface area contributed by atoms with Gasteiger partial charge in [-0.15, -0.1) is 11.3 Å². The van der Waals surface area contributed by atoms with Crippen LogP contribution in [0.3, 0.4) is 0 Å². The Morgan fingerprint density at radius 2 is 2.29 bits per heavy atom. The van der Waals surface area contributed by atoms with Crippen LogP contribution in [0.4, 0.5) is 0 Å². The molecule has 5 heteroatoms. The lowest BCUT2D eigenvalue weighted by Crippen LogP contribution is -2.19. The maximum atomic E-state index is 6.17. The molecule has 114 valence electrons. The van der Waals surface area contributed by atoms with Gasteiger partial charge in [0.2, 0.25) is 5.88 Å². The van der Waals surface area contributed by atoms with Crippen LogP contribution in [0.5, 0.6) is 5.88 Å². The van der Waals surface area contributed by atoms with E-state index in [1.54, 1.807) is 17.5 Å². The van der Waals surface area contributed by atoms with Gasteiger partial charge in [0.1, 0.15) is 0 Å². The van der Waals surface area contributed by atoms with E-state index in [1.165, 1.54) is 4.88 Å². The maximum absolute atomic E-state index is 6.17. The Morgan fingerprint density at radius 1 is 1.43 bits per heavy atom. The molecule has 0 spiro atoms. The van der Waals surface area contributed by atoms with E-state index in [0.29, 0.717) is 23.4 Å². The summed E-state index contributed by atoms with van der Waals surface area (Å²) in [5.41, 5.74) is 1.03. The van der Waals surface area contributed by atoms with Crippen molar-refractivity contribution in [2.24, 2.45) is 5.92 Å². The number of hydrogen-bond acceptors (Lipinski definition) is 4. The molecule has 0 unspecified atom stereocenters. The summed E-state index contributed by atoms with van der Waals surface area (Å²) < 4.78 is 5.71. The fraction of sp³-hybridized carbons (Fsp3) is 0.438. The van der Waals surface area contributed by atoms with Crippen LogP contribution in [0.1, 0.15) is 24.3 Å². The van der Waals surface area contributed by atoms with E-state index in [4.69, 9.17) is 16.3 Å². The van der Waals surface area contributed by atoms with Gasteiger partial charge in [-0.1, -0.05) is 31.5 Å². The van der Waals surface area contributed by atoms with Crippen LogP contribution in [0.25, 0.3) is 0 Å². The van der Waals surface area contributed by atoms with Crippen LogP contribution >= 0.6 is 22.9 Å². The zero-order valence-electron chi connectivity index (χ0n) is 12.4. The summed E-state index contributed by atoms with van der Waals surface area (Å²) in [6.45, 7) is 6.70. The molecule has 1 N–H and O–H groups in total. The molecule has 0 radical (unpaired) electrons. The minimum Gasteiger partial charge on any atom is -0.477 e. The molecule has 2 aromatic heterocycles. The van der Waals surface area contributed by atoms with Crippen LogP contribution < -0.4 is 10.1 Å². The largest absolute Gasteiger partial charge is 0.477 e. The van der Waals surface area contributed by atoms with Crippen molar-refractivity contribution in [2.75, 3.05) is 13.2 Å². The van der Waals surface area contributed by atoms with Gasteiger partial charge < -0.3 is 10.1 Å². The highest BCUT2D eigenvalue weighted by atomic mass is 35.5. The van der Waals surface area contributed by atoms with Gasteiger partial charge >= 0.3 is 0 Å². The zero-order chi connectivity index (χ0) is 15.1. The second-order valence-electron chi connectivity index (χ2n) is 5.32. The van der Waals surface area contributed by atoms with Crippen molar-refractivity contribution in [3.05, 3.63) is 45.2 Å². The highest BCUT2D eigenvalue weighted by molar-refractivity contribution is 7.09. The number of hydrogen-bond donors (Lipinski definition) is 1. The number of ether oxygens (including phenoxy) is 1. The van der Waals surface area contributed by atoms with Crippen molar-refractivity contribution < 1.29 is 4.74 Å². The normalized spacial score (nSPS) is 11.0. The maximum Gasteiger partial charge on any atom is 0.213 e. The Morgan fingerprint density at radius 3 is 3.00 bits per heavy atom. The van der Waals surface area contributed by atoms with Crippen LogP contribution in [0.2, 0.25) is 5.02 Å². The predicted octanol–water partition coefficient (Wildman–Crippen LogP) is 4.16. The molecule has 21 heavy (non-hydrogen) atoms. The third-order valence-electron chi connectivity index (χ3n) is 2.96. The molecule has 0 aromatic carbocycles. The average Bonchev–Trinajstić information content (AvgIpc) is 2.95. The van der Waals surface area contributed by atoms with E-state index in [9.17, 15) is 0 Å². The van der Waals surface area contributed by atoms with Gasteiger partial charge in [0.05, 0.1) is 11.6 Å². The number of pyridine rings is 1. The zero-order valence-corrected chi connectivity index (χ0v) is 14.0. The van der Waals surface area contributed by atoms with E-state index in [1.807, 2.05) is 6.07 Å². The van der Waals surface area contributed by atoms with E-state index in [2.05, 4.69) is 41.7 Å². The van der Waals surface area contributed by atoms with E-state index < -0.39 is 0 Å². The minimum atomic E-state index is 0.618. The van der Waals surface area contributed by atoms with Gasteiger partial charge in [0, 0.05) is 30.1 Å². The van der Waals surface area contributed by atoms with E-state index in [0.717, 1.165) is 25.1 Å². The van der Waals surface area contributed by atoms with Crippen molar-refractivity contribution in [1.82, 2.24) is 10.3 Å². The predicted molar refractivity (Wildman–Crippen MR) is 89.3 cm³/mol. The number of thiophene rings is 1. The fourth-order valence-corrected chi connectivity index (χ4v) is 2.74. The molecule has 2 rings (SSSR count). The van der Waals surface area contributed by atoms with Gasteiger partial charge in [0.15, 0.2) is 0 Å². The second-order valence-corrected chi connectivity index (χ2v) is 6.76. The highest BCUT2D eigenvalue weighted by Crippen LogP contribution is 2.19. The molecule has 3 nitrogen and oxygen atoms in total. The van der Waals surface area contributed by atoms with Crippen LogP contribution in [-0.2, 0) is 13.0 Å². The van der Waals surface area contributed by atoms with Gasteiger partial charge in [-0.05, 0) is 29.5 Å². The molecular weight excluding hydrogens is 304 g/mol. The van der Waals surface area contributed by atoms with Crippen molar-refractivity contribution in [3.63, 3.8) is 0 Å². The Kier molecular flexibility index (Phi) is 6.49. The first-order valence-corrected chi connectivity index (χ1v) is 8.41. The number of aromatic nitrogens is 1. The molecule has 0 aliphatic carbocycles. The lowest BCUT2D eigenvalue weighted by molar-refractivity contribution is 0.310. The summed E-state index contributed by atoms with van der Waals surface area (Å²) in [4.78, 5) is 5.54. The number of nitrogens with one attached hydrogen (secondary N) is 1. The Hall–Kier alpha value is -1.10. The fourth-order valence-electron chi connectivity index (χ4n) is 1.88. The molecule has 0 saturated carbocycles. The standard InChI is InChI=1S/C16H21ClN2OS/c1-12(2)9-18-10-13-8-16(19-11-15(13)17)20-6-5-14-4-3-7-21-14/h3-4,7-8,11-12,18H,5-6,9-10H2,1-2H3. The summed E-state index contributed by atoms with van der Waals surface area (Å²) in [7, 11) is 0. The molecule has 0 atom stereocenters. The molecule has 0 fully saturated rings. The van der Waals surface area contributed by atoms with Crippen LogP contribution in [-0.4, -0.2) is 18.1 Å². The highest BCUT2D eigenvalue weighted by Gasteiger charge is 2.05. The molecule has 0 aliphatic rings. The van der Waals surface area contributed by atoms with Gasteiger partial charge in [-0.25, -0.2) is 4.98 Å². The minimum absolute atomic E-state index is 0.618. The number of halogens is 1. The Labute approximate surface area is 135 Å². The first-order valence-electron chi connectivity index (χ1n) is 7.15. The summed E-state index contributed by atoms with van der Waals surface area (Å²) in [6, 6.07) is 6.09. The van der Waals surface area contributed by atoms with Crippen LogP contribution in [0, 0.1) is 5.92 Å². The van der Waals surface area contributed by atoms with Gasteiger partial charge in [-0.2, -0.15) is 0 Å². The quantitative estimate of drug-likeness (QED) is 0.791.